The van der Waals surface area contributed by atoms with Crippen LogP contribution in [0.15, 0.2) is 48.5 Å². The first-order valence-electron chi connectivity index (χ1n) is 6.91. The summed E-state index contributed by atoms with van der Waals surface area (Å²) in [4.78, 5) is 0. The summed E-state index contributed by atoms with van der Waals surface area (Å²) >= 11 is -1.42. The smallest absolute Gasteiger partial charge is 0.172 e. The Labute approximate surface area is 138 Å². The first-order chi connectivity index (χ1) is 9.52. The Morgan fingerprint density at radius 3 is 1.55 bits per heavy atom. The van der Waals surface area contributed by atoms with E-state index in [1.165, 1.54) is 24.0 Å². The molecule has 2 rings (SSSR count). The van der Waals surface area contributed by atoms with Crippen molar-refractivity contribution < 1.29 is 14.5 Å². The third kappa shape index (κ3) is 10.0. The van der Waals surface area contributed by atoms with Crippen molar-refractivity contribution in [1.82, 2.24) is 0 Å². The van der Waals surface area contributed by atoms with Crippen LogP contribution in [-0.4, -0.2) is 6.19 Å². The Kier molecular flexibility index (Phi) is 13.1. The summed E-state index contributed by atoms with van der Waals surface area (Å²) in [6.07, 6.45) is 2.10. The van der Waals surface area contributed by atoms with Gasteiger partial charge in [0.2, 0.25) is 0 Å². The standard InChI is InChI=1S/C9H13.C5H5.C2H6Si.2ClH.Ti/c1-3-8-6-5-7-9(8)4-2;1-2-4-5-3-1;1-3-2;;;/h5-7H,3-4H2,1-2H3;1-5H;1-2H3;2*1H;/q2*-1;;;;+2/p-2. The van der Waals surface area contributed by atoms with Crippen molar-refractivity contribution in [2.24, 2.45) is 0 Å². The largest absolute Gasteiger partial charge is 0.214 e. The summed E-state index contributed by atoms with van der Waals surface area (Å²) < 4.78 is 0. The second-order valence-corrected chi connectivity index (χ2v) is 20.6. The van der Waals surface area contributed by atoms with Gasteiger partial charge in [0, 0.05) is 0 Å². The molecule has 0 nitrogen and oxygen atoms in total. The Bertz CT molecular complexity index is 419. The van der Waals surface area contributed by atoms with Gasteiger partial charge in [0.25, 0.3) is 0 Å². The van der Waals surface area contributed by atoms with Crippen molar-refractivity contribution in [2.45, 2.75) is 39.8 Å². The van der Waals surface area contributed by atoms with E-state index in [-0.39, 0.29) is 6.19 Å². The minimum atomic E-state index is -1.42. The van der Waals surface area contributed by atoms with Crippen LogP contribution >= 0.6 is 18.6 Å². The molecule has 0 saturated heterocycles. The molecule has 4 heteroatoms. The van der Waals surface area contributed by atoms with E-state index in [4.69, 9.17) is 18.6 Å². The maximum Gasteiger partial charge on any atom is -0.172 e. The van der Waals surface area contributed by atoms with E-state index in [0.29, 0.717) is 0 Å². The molecule has 2 aromatic rings. The first kappa shape index (κ1) is 20.2. The Morgan fingerprint density at radius 2 is 1.35 bits per heavy atom. The normalized spacial score (nSPS) is 8.90. The van der Waals surface area contributed by atoms with Crippen molar-refractivity contribution in [2.75, 3.05) is 0 Å². The zero-order valence-corrected chi connectivity index (χ0v) is 16.9. The summed E-state index contributed by atoms with van der Waals surface area (Å²) in [5.74, 6) is 0. The molecule has 0 bridgehead atoms. The Morgan fingerprint density at radius 1 is 0.950 bits per heavy atom. The number of rotatable bonds is 2. The van der Waals surface area contributed by atoms with Gasteiger partial charge < -0.3 is 0 Å². The van der Waals surface area contributed by atoms with Crippen LogP contribution in [0.3, 0.4) is 0 Å². The molecule has 20 heavy (non-hydrogen) atoms. The zero-order valence-electron chi connectivity index (χ0n) is 12.8. The molecule has 0 N–H and O–H groups in total. The Balaban J connectivity index is 0.000000287. The topological polar surface area (TPSA) is 0 Å². The van der Waals surface area contributed by atoms with E-state index in [1.54, 1.807) is 0 Å². The Hall–Kier alpha value is 0.211. The maximum atomic E-state index is 5.59. The average Bonchev–Trinajstić information content (AvgIpc) is 3.13. The molecular weight excluding hydrogens is 339 g/mol. The number of aryl methyl sites for hydroxylation is 2. The summed E-state index contributed by atoms with van der Waals surface area (Å²) in [6, 6.07) is 16.6. The minimum Gasteiger partial charge on any atom is -0.214 e. The van der Waals surface area contributed by atoms with Gasteiger partial charge in [-0.05, 0) is 0 Å². The van der Waals surface area contributed by atoms with E-state index in [2.05, 4.69) is 45.1 Å². The molecule has 0 aliphatic carbocycles. The van der Waals surface area contributed by atoms with E-state index >= 15 is 0 Å². The van der Waals surface area contributed by atoms with Crippen LogP contribution in [0.1, 0.15) is 25.0 Å². The van der Waals surface area contributed by atoms with E-state index < -0.39 is 14.5 Å². The van der Waals surface area contributed by atoms with Crippen molar-refractivity contribution in [1.29, 1.82) is 0 Å². The van der Waals surface area contributed by atoms with Gasteiger partial charge in [0.15, 0.2) is 0 Å². The molecule has 0 aromatic heterocycles. The second-order valence-electron chi connectivity index (χ2n) is 4.51. The molecule has 0 unspecified atom stereocenters. The number of hydrogen-bond acceptors (Lipinski definition) is 0. The SMILES string of the molecule is CCc1c[cH-]cc1CC.C[Si](C)=[Ti]([Cl])[Cl].c1cc[cH-]c1. The van der Waals surface area contributed by atoms with Crippen molar-refractivity contribution in [3.8, 4) is 0 Å². The van der Waals surface area contributed by atoms with Crippen LogP contribution in [0.2, 0.25) is 13.1 Å². The fourth-order valence-electron chi connectivity index (χ4n) is 1.51. The van der Waals surface area contributed by atoms with Crippen molar-refractivity contribution >= 4 is 24.8 Å². The molecule has 112 valence electrons. The molecule has 0 aliphatic heterocycles. The zero-order chi connectivity index (χ0) is 15.4. The quantitative estimate of drug-likeness (QED) is 0.447. The van der Waals surface area contributed by atoms with Gasteiger partial charge in [-0.3, -0.25) is 0 Å². The van der Waals surface area contributed by atoms with Gasteiger partial charge >= 0.3 is 52.4 Å². The van der Waals surface area contributed by atoms with Gasteiger partial charge in [0.05, 0.1) is 0 Å². The second kappa shape index (κ2) is 12.9. The number of hydrogen-bond donors (Lipinski definition) is 0. The summed E-state index contributed by atoms with van der Waals surface area (Å²) in [5, 5.41) is 0. The molecule has 2 aromatic carbocycles. The predicted molar refractivity (Wildman–Crippen MR) is 92.0 cm³/mol. The van der Waals surface area contributed by atoms with Gasteiger partial charge in [0.1, 0.15) is 0 Å². The molecule has 0 amide bonds. The van der Waals surface area contributed by atoms with Gasteiger partial charge in [-0.2, -0.15) is 47.5 Å². The molecule has 0 heterocycles. The van der Waals surface area contributed by atoms with E-state index in [0.717, 1.165) is 0 Å². The van der Waals surface area contributed by atoms with Crippen LogP contribution in [0, 0.1) is 0 Å². The van der Waals surface area contributed by atoms with Crippen LogP contribution in [0.4, 0.5) is 0 Å². The van der Waals surface area contributed by atoms with E-state index in [9.17, 15) is 0 Å². The molecule has 0 spiro atoms. The molecule has 0 fully saturated rings. The van der Waals surface area contributed by atoms with E-state index in [1.807, 2.05) is 30.3 Å². The molecule has 0 aliphatic rings. The van der Waals surface area contributed by atoms with Crippen LogP contribution in [-0.2, 0) is 27.3 Å². The molecule has 0 radical (unpaired) electrons. The monoisotopic (exact) mass is 362 g/mol. The molecular formula is C16H24Cl2SiTi-2. The predicted octanol–water partition coefficient (Wildman–Crippen LogP) is 6.10. The summed E-state index contributed by atoms with van der Waals surface area (Å²) in [5.41, 5.74) is 3.02. The third-order valence-corrected chi connectivity index (χ3v) is 16.4. The van der Waals surface area contributed by atoms with Crippen molar-refractivity contribution in [3.63, 3.8) is 0 Å². The van der Waals surface area contributed by atoms with Gasteiger partial charge in [-0.1, -0.05) is 26.7 Å². The summed E-state index contributed by atoms with van der Waals surface area (Å²) in [7, 11) is 11.2. The fraction of sp³-hybridized carbons (Fsp3) is 0.375. The molecule has 0 saturated carbocycles. The number of halogens is 2. The van der Waals surface area contributed by atoms with Gasteiger partial charge in [-0.15, -0.1) is 0 Å². The first-order valence-corrected chi connectivity index (χ1v) is 16.0. The maximum absolute atomic E-state index is 5.59. The molecule has 0 atom stereocenters. The summed E-state index contributed by atoms with van der Waals surface area (Å²) in [6.45, 7) is 8.71. The van der Waals surface area contributed by atoms with Crippen LogP contribution in [0.25, 0.3) is 0 Å². The van der Waals surface area contributed by atoms with Crippen LogP contribution < -0.4 is 0 Å². The minimum absolute atomic E-state index is 0.254. The fourth-order valence-corrected chi connectivity index (χ4v) is 1.51. The average molecular weight is 363 g/mol. The van der Waals surface area contributed by atoms with Gasteiger partial charge in [-0.25, -0.2) is 12.1 Å². The third-order valence-electron chi connectivity index (χ3n) is 2.70. The van der Waals surface area contributed by atoms with Crippen LogP contribution in [0.5, 0.6) is 0 Å². The van der Waals surface area contributed by atoms with Crippen molar-refractivity contribution in [3.05, 3.63) is 59.7 Å².